The Kier molecular flexibility index (Phi) is 5.98. The molecule has 6 heteroatoms. The van der Waals surface area contributed by atoms with Crippen molar-refractivity contribution in [3.63, 3.8) is 0 Å². The molecule has 4 rings (SSSR count). The highest BCUT2D eigenvalue weighted by atomic mass is 19.1. The molecule has 0 radical (unpaired) electrons. The first-order chi connectivity index (χ1) is 15.0. The quantitative estimate of drug-likeness (QED) is 0.619. The van der Waals surface area contributed by atoms with Crippen molar-refractivity contribution in [3.8, 4) is 0 Å². The zero-order valence-corrected chi connectivity index (χ0v) is 17.3. The molecule has 1 heterocycles. The van der Waals surface area contributed by atoms with Gasteiger partial charge in [-0.05, 0) is 66.9 Å². The summed E-state index contributed by atoms with van der Waals surface area (Å²) < 4.78 is 13.1. The molecule has 1 saturated heterocycles. The molecule has 5 nitrogen and oxygen atoms in total. The average molecular weight is 417 g/mol. The topological polar surface area (TPSA) is 52.6 Å². The van der Waals surface area contributed by atoms with Gasteiger partial charge in [-0.25, -0.2) is 9.18 Å². The summed E-state index contributed by atoms with van der Waals surface area (Å²) in [6.07, 6.45) is 0.865. The van der Waals surface area contributed by atoms with E-state index in [4.69, 9.17) is 0 Å². The van der Waals surface area contributed by atoms with Gasteiger partial charge in [0.05, 0.1) is 0 Å². The summed E-state index contributed by atoms with van der Waals surface area (Å²) in [5.74, 6) is -0.722. The van der Waals surface area contributed by atoms with Crippen molar-refractivity contribution in [2.45, 2.75) is 19.9 Å². The van der Waals surface area contributed by atoms with E-state index in [2.05, 4.69) is 18.3 Å². The Bertz CT molecular complexity index is 1100. The average Bonchev–Trinajstić information content (AvgIpc) is 2.77. The largest absolute Gasteiger partial charge is 0.324 e. The third kappa shape index (κ3) is 4.74. The van der Waals surface area contributed by atoms with E-state index in [0.717, 1.165) is 23.2 Å². The number of aryl methyl sites for hydroxylation is 1. The first-order valence-electron chi connectivity index (χ1n) is 10.3. The number of amides is 3. The van der Waals surface area contributed by atoms with Crippen LogP contribution in [0.25, 0.3) is 0 Å². The molecule has 1 fully saturated rings. The SMILES string of the molecule is Cc1ccccc1CN1CCCN(c2cccc(NC(=O)c3ccc(F)cc3)c2)C1=O. The Hall–Kier alpha value is -3.67. The molecule has 1 N–H and O–H groups in total. The van der Waals surface area contributed by atoms with Crippen molar-refractivity contribution in [2.75, 3.05) is 23.3 Å². The molecule has 0 spiro atoms. The van der Waals surface area contributed by atoms with Crippen LogP contribution in [0.3, 0.4) is 0 Å². The van der Waals surface area contributed by atoms with E-state index in [1.54, 1.807) is 17.0 Å². The van der Waals surface area contributed by atoms with Crippen molar-refractivity contribution in [1.82, 2.24) is 4.90 Å². The van der Waals surface area contributed by atoms with Gasteiger partial charge in [0, 0.05) is 36.6 Å². The molecule has 0 atom stereocenters. The molecule has 3 aromatic carbocycles. The number of nitrogens with zero attached hydrogens (tertiary/aromatic N) is 2. The molecule has 3 aromatic rings. The second-order valence-electron chi connectivity index (χ2n) is 7.65. The summed E-state index contributed by atoms with van der Waals surface area (Å²) >= 11 is 0. The number of halogens is 1. The minimum Gasteiger partial charge on any atom is -0.322 e. The minimum atomic E-state index is -0.391. The maximum atomic E-state index is 13.2. The minimum absolute atomic E-state index is 0.0449. The second-order valence-corrected chi connectivity index (χ2v) is 7.65. The fourth-order valence-corrected chi connectivity index (χ4v) is 3.72. The molecular weight excluding hydrogens is 393 g/mol. The van der Waals surface area contributed by atoms with Gasteiger partial charge in [-0.2, -0.15) is 0 Å². The number of nitrogens with one attached hydrogen (secondary N) is 1. The molecular formula is C25H24FN3O2. The maximum Gasteiger partial charge on any atom is 0.324 e. The molecule has 0 unspecified atom stereocenters. The van der Waals surface area contributed by atoms with Crippen LogP contribution in [0.5, 0.6) is 0 Å². The van der Waals surface area contributed by atoms with E-state index in [1.807, 2.05) is 35.2 Å². The Morgan fingerprint density at radius 1 is 1.00 bits per heavy atom. The van der Waals surface area contributed by atoms with E-state index in [-0.39, 0.29) is 11.9 Å². The van der Waals surface area contributed by atoms with Crippen LogP contribution >= 0.6 is 0 Å². The predicted molar refractivity (Wildman–Crippen MR) is 120 cm³/mol. The molecule has 31 heavy (non-hydrogen) atoms. The Balaban J connectivity index is 1.48. The van der Waals surface area contributed by atoms with Gasteiger partial charge < -0.3 is 10.2 Å². The molecule has 158 valence electrons. The summed E-state index contributed by atoms with van der Waals surface area (Å²) in [5.41, 5.74) is 3.98. The molecule has 0 aliphatic carbocycles. The van der Waals surface area contributed by atoms with Crippen LogP contribution in [0, 0.1) is 12.7 Å². The number of anilines is 2. The highest BCUT2D eigenvalue weighted by molar-refractivity contribution is 6.04. The van der Waals surface area contributed by atoms with E-state index < -0.39 is 5.82 Å². The summed E-state index contributed by atoms with van der Waals surface area (Å²) in [4.78, 5) is 29.2. The van der Waals surface area contributed by atoms with Crippen LogP contribution in [0.1, 0.15) is 27.9 Å². The zero-order valence-electron chi connectivity index (χ0n) is 17.3. The number of hydrogen-bond donors (Lipinski definition) is 1. The second kappa shape index (κ2) is 9.00. The van der Waals surface area contributed by atoms with Crippen LogP contribution < -0.4 is 10.2 Å². The summed E-state index contributed by atoms with van der Waals surface area (Å²) in [6, 6.07) is 20.6. The number of hydrogen-bond acceptors (Lipinski definition) is 2. The molecule has 3 amide bonds. The maximum absolute atomic E-state index is 13.2. The summed E-state index contributed by atoms with van der Waals surface area (Å²) in [5, 5.41) is 2.82. The lowest BCUT2D eigenvalue weighted by atomic mass is 10.1. The first-order valence-corrected chi connectivity index (χ1v) is 10.3. The third-order valence-electron chi connectivity index (χ3n) is 5.46. The zero-order chi connectivity index (χ0) is 21.8. The van der Waals surface area contributed by atoms with Crippen molar-refractivity contribution in [3.05, 3.63) is 95.3 Å². The number of benzene rings is 3. The number of carbonyl (C=O) groups excluding carboxylic acids is 2. The van der Waals surface area contributed by atoms with Crippen molar-refractivity contribution in [1.29, 1.82) is 0 Å². The normalized spacial score (nSPS) is 13.9. The lowest BCUT2D eigenvalue weighted by molar-refractivity contribution is 0.102. The van der Waals surface area contributed by atoms with Crippen LogP contribution in [0.15, 0.2) is 72.8 Å². The predicted octanol–water partition coefficient (Wildman–Crippen LogP) is 5.22. The Morgan fingerprint density at radius 2 is 1.77 bits per heavy atom. The fraction of sp³-hybridized carbons (Fsp3) is 0.200. The number of urea groups is 1. The first kappa shape index (κ1) is 20.6. The monoisotopic (exact) mass is 417 g/mol. The van der Waals surface area contributed by atoms with Crippen molar-refractivity contribution in [2.24, 2.45) is 0 Å². The van der Waals surface area contributed by atoms with Crippen molar-refractivity contribution < 1.29 is 14.0 Å². The fourth-order valence-electron chi connectivity index (χ4n) is 3.72. The van der Waals surface area contributed by atoms with Gasteiger partial charge in [0.25, 0.3) is 5.91 Å². The lowest BCUT2D eigenvalue weighted by Gasteiger charge is -2.36. The van der Waals surface area contributed by atoms with Gasteiger partial charge in [-0.1, -0.05) is 30.3 Å². The van der Waals surface area contributed by atoms with Gasteiger partial charge in [-0.15, -0.1) is 0 Å². The summed E-state index contributed by atoms with van der Waals surface area (Å²) in [6.45, 7) is 3.96. The number of carbonyl (C=O) groups is 2. The van der Waals surface area contributed by atoms with Crippen LogP contribution in [0.4, 0.5) is 20.6 Å². The molecule has 0 aromatic heterocycles. The van der Waals surface area contributed by atoms with E-state index in [0.29, 0.717) is 30.9 Å². The Labute approximate surface area is 181 Å². The third-order valence-corrected chi connectivity index (χ3v) is 5.46. The van der Waals surface area contributed by atoms with Gasteiger partial charge in [0.15, 0.2) is 0 Å². The van der Waals surface area contributed by atoms with Gasteiger partial charge >= 0.3 is 6.03 Å². The van der Waals surface area contributed by atoms with E-state index >= 15 is 0 Å². The van der Waals surface area contributed by atoms with Crippen LogP contribution in [-0.2, 0) is 6.54 Å². The molecule has 1 aliphatic heterocycles. The highest BCUT2D eigenvalue weighted by Gasteiger charge is 2.27. The molecule has 0 saturated carbocycles. The van der Waals surface area contributed by atoms with Gasteiger partial charge in [-0.3, -0.25) is 9.69 Å². The van der Waals surface area contributed by atoms with Gasteiger partial charge in [0.2, 0.25) is 0 Å². The van der Waals surface area contributed by atoms with E-state index in [9.17, 15) is 14.0 Å². The van der Waals surface area contributed by atoms with Gasteiger partial charge in [0.1, 0.15) is 5.82 Å². The molecule has 0 bridgehead atoms. The lowest BCUT2D eigenvalue weighted by Crippen LogP contribution is -2.49. The Morgan fingerprint density at radius 3 is 2.55 bits per heavy atom. The van der Waals surface area contributed by atoms with E-state index in [1.165, 1.54) is 24.3 Å². The van der Waals surface area contributed by atoms with Crippen molar-refractivity contribution >= 4 is 23.3 Å². The number of rotatable bonds is 5. The highest BCUT2D eigenvalue weighted by Crippen LogP contribution is 2.25. The molecule has 1 aliphatic rings. The smallest absolute Gasteiger partial charge is 0.322 e. The summed E-state index contributed by atoms with van der Waals surface area (Å²) in [7, 11) is 0. The van der Waals surface area contributed by atoms with Crippen LogP contribution in [0.2, 0.25) is 0 Å². The standard InChI is InChI=1S/C25H24FN3O2/c1-18-6-2-3-7-20(18)17-28-14-5-15-29(25(28)31)23-9-4-8-22(16-23)27-24(30)19-10-12-21(26)13-11-19/h2-4,6-13,16H,5,14-15,17H2,1H3,(H,27,30). The van der Waals surface area contributed by atoms with Crippen LogP contribution in [-0.4, -0.2) is 29.9 Å².